The number of carboxylic acid groups (broad SMARTS) is 1. The Morgan fingerprint density at radius 1 is 0.687 bits per heavy atom. The smallest absolute Gasteiger partial charge is 0.330 e. The molecular weight excluding hydrogens is 1350 g/mol. The van der Waals surface area contributed by atoms with Crippen LogP contribution in [0.5, 0.6) is 46.0 Å². The van der Waals surface area contributed by atoms with Crippen molar-refractivity contribution in [2.45, 2.75) is 160 Å². The first-order valence-corrected chi connectivity index (χ1v) is 38.7. The maximum atomic E-state index is 16.2. The summed E-state index contributed by atoms with van der Waals surface area (Å²) in [6, 6.07) is 9.60. The molecule has 0 radical (unpaired) electrons. The van der Waals surface area contributed by atoms with Crippen molar-refractivity contribution in [1.82, 2.24) is 37.2 Å². The second kappa shape index (κ2) is 31.8. The summed E-state index contributed by atoms with van der Waals surface area (Å²) in [6.07, 6.45) is -2.82. The number of primary amides is 1. The summed E-state index contributed by atoms with van der Waals surface area (Å²) in [4.78, 5) is 117. The number of amides is 7. The van der Waals surface area contributed by atoms with Crippen LogP contribution in [0.15, 0.2) is 78.9 Å². The lowest BCUT2D eigenvalue weighted by atomic mass is 9.90. The van der Waals surface area contributed by atoms with E-state index in [-0.39, 0.29) is 101 Å². The molecule has 7 amide bonds. The minimum Gasteiger partial charge on any atom is -0.497 e. The number of aliphatic carboxylic acids is 1. The van der Waals surface area contributed by atoms with Crippen LogP contribution in [0.2, 0.25) is 46.3 Å². The van der Waals surface area contributed by atoms with Gasteiger partial charge in [-0.3, -0.25) is 33.6 Å². The fourth-order valence-electron chi connectivity index (χ4n) is 10.9. The number of carbonyl (C=O) groups is 8. The number of carboxylic acids is 1. The van der Waals surface area contributed by atoms with Crippen molar-refractivity contribution < 1.29 is 80.7 Å². The van der Waals surface area contributed by atoms with Gasteiger partial charge in [0, 0.05) is 41.2 Å². The minimum absolute atomic E-state index is 0.000705. The highest BCUT2D eigenvalue weighted by atomic mass is 35.5. The van der Waals surface area contributed by atoms with Crippen LogP contribution in [0.25, 0.3) is 11.1 Å². The van der Waals surface area contributed by atoms with Gasteiger partial charge in [0.25, 0.3) is 0 Å². The molecule has 0 saturated heterocycles. The number of carbonyl (C=O) groups excluding carboxylic acids is 7. The van der Waals surface area contributed by atoms with Crippen LogP contribution in [0.3, 0.4) is 0 Å². The van der Waals surface area contributed by atoms with Crippen molar-refractivity contribution in [3.63, 3.8) is 0 Å². The normalized spacial score (nSPS) is 19.3. The lowest BCUT2D eigenvalue weighted by molar-refractivity contribution is -0.141. The monoisotopic (exact) mass is 1440 g/mol. The van der Waals surface area contributed by atoms with Crippen molar-refractivity contribution in [2.75, 3.05) is 42.0 Å². The number of halogens is 2. The molecule has 29 heteroatoms. The van der Waals surface area contributed by atoms with Crippen molar-refractivity contribution in [2.24, 2.45) is 11.7 Å². The van der Waals surface area contributed by atoms with E-state index in [9.17, 15) is 24.3 Å². The zero-order valence-electron chi connectivity index (χ0n) is 59.1. The second-order valence-electron chi connectivity index (χ2n) is 27.9. The fourth-order valence-corrected chi connectivity index (χ4v) is 13.9. The van der Waals surface area contributed by atoms with Crippen LogP contribution in [0.1, 0.15) is 133 Å². The SMILES string of the molecule is CN[C@@H](CC(C)C)C(=O)N[C@H]1C(=O)NC(CC(N)=O)C(=O)N[C@H]2C(=O)N[C@H](c3ccc(OC)c(-c4c(OC)cc(OC)cc4C(NC(C)=O)C(=O)O)c3)C(=O)NCC(O[Si](C)(C)C(C)(C)C)c3cc(Cl)cc(c3)Oc3cc2cc(c3OC)Oc2ccc(cc2Cl)C1O[Si](C)(C)C(C)(C)C. The van der Waals surface area contributed by atoms with E-state index >= 15 is 19.2 Å². The van der Waals surface area contributed by atoms with Crippen LogP contribution in [-0.4, -0.2) is 129 Å². The molecule has 0 aliphatic carbocycles. The maximum absolute atomic E-state index is 16.2. The number of hydrogen-bond acceptors (Lipinski definition) is 17. The molecule has 7 bridgehead atoms. The summed E-state index contributed by atoms with van der Waals surface area (Å²) < 4.78 is 51.3. The molecule has 3 aliphatic heterocycles. The summed E-state index contributed by atoms with van der Waals surface area (Å²) in [5, 5.41) is 29.7. The Labute approximate surface area is 589 Å². The maximum Gasteiger partial charge on any atom is 0.330 e. The van der Waals surface area contributed by atoms with Crippen molar-refractivity contribution in [3.8, 4) is 57.1 Å². The van der Waals surface area contributed by atoms with Gasteiger partial charge in [0.1, 0.15) is 52.9 Å². The highest BCUT2D eigenvalue weighted by Gasteiger charge is 2.46. The van der Waals surface area contributed by atoms with E-state index in [1.807, 2.05) is 81.6 Å². The van der Waals surface area contributed by atoms with Gasteiger partial charge in [-0.2, -0.15) is 0 Å². The van der Waals surface area contributed by atoms with Crippen molar-refractivity contribution in [1.29, 1.82) is 0 Å². The van der Waals surface area contributed by atoms with Gasteiger partial charge in [-0.05, 0) is 139 Å². The number of likely N-dealkylation sites (N-methyl/N-ethyl adjacent to an activating group) is 1. The van der Waals surface area contributed by atoms with Crippen LogP contribution in [0, 0.1) is 5.92 Å². The van der Waals surface area contributed by atoms with E-state index in [0.717, 1.165) is 6.92 Å². The zero-order valence-corrected chi connectivity index (χ0v) is 62.6. The van der Waals surface area contributed by atoms with E-state index in [4.69, 9.17) is 66.2 Å². The van der Waals surface area contributed by atoms with E-state index in [1.54, 1.807) is 25.2 Å². The average Bonchev–Trinajstić information content (AvgIpc) is 0.847. The molecule has 0 aromatic heterocycles. The summed E-state index contributed by atoms with van der Waals surface area (Å²) in [5.41, 5.74) is 6.72. The van der Waals surface area contributed by atoms with Gasteiger partial charge in [0.2, 0.25) is 47.1 Å². The molecule has 536 valence electrons. The third-order valence-electron chi connectivity index (χ3n) is 18.2. The standard InChI is InChI=1S/C70H92Cl2N8O17Si2/c1-35(2)23-47(74-10)63(83)80-60-61(97-99(17,18)70(7,8)9)38-20-22-50(46(72)27-38)95-53-29-40-28-52(62(53)93-14)94-43-25-39(24-41(71)30-43)54(96-98(15,16)69(4,5)6)34-75-65(85)57(79-66(86)58(40)78-64(84)48(33-55(73)82)77-67(60)87)37-19-21-49(91-12)44(26-37)56-45(59(68(88)89)76-36(3)81)31-42(90-11)32-51(56)92-13/h19-22,24-32,35,47-48,54,57-61,74H,23,33-34H2,1-18H3,(H2,73,82)(H,75,85)(H,76,81)(H,77,87)(H,78,84)(H,79,86)(H,80,83)(H,88,89)/t47-,48?,54?,57+,58+,59?,60+,61?/m0/s1. The largest absolute Gasteiger partial charge is 0.497 e. The van der Waals surface area contributed by atoms with Gasteiger partial charge in [-0.15, -0.1) is 0 Å². The minimum atomic E-state index is -2.99. The topological polar surface area (TPSA) is 341 Å². The molecule has 0 saturated carbocycles. The number of methoxy groups -OCH3 is 4. The number of ether oxygens (including phenoxy) is 6. The van der Waals surface area contributed by atoms with Crippen LogP contribution in [-0.2, 0) is 47.2 Å². The number of fused-ring (bicyclic) bond motifs is 11. The Kier molecular flexibility index (Phi) is 25.0. The highest BCUT2D eigenvalue weighted by Crippen LogP contribution is 2.50. The second-order valence-corrected chi connectivity index (χ2v) is 38.2. The summed E-state index contributed by atoms with van der Waals surface area (Å²) in [5.74, 6) is -7.87. The van der Waals surface area contributed by atoms with Crippen molar-refractivity contribution >= 4 is 87.2 Å². The number of hydrogen-bond donors (Lipinski definition) is 9. The summed E-state index contributed by atoms with van der Waals surface area (Å²) in [7, 11) is 1.21. The van der Waals surface area contributed by atoms with E-state index in [2.05, 4.69) is 37.2 Å². The predicted molar refractivity (Wildman–Crippen MR) is 379 cm³/mol. The molecule has 3 aliphatic rings. The number of nitrogens with two attached hydrogens (primary N) is 1. The molecule has 8 atom stereocenters. The third-order valence-corrected chi connectivity index (χ3v) is 27.7. The van der Waals surface area contributed by atoms with Gasteiger partial charge in [-0.1, -0.05) is 90.7 Å². The lowest BCUT2D eigenvalue weighted by Crippen LogP contribution is -2.60. The Hall–Kier alpha value is -8.45. The molecule has 3 heterocycles. The lowest BCUT2D eigenvalue weighted by Gasteiger charge is -2.41. The number of nitrogens with one attached hydrogen (secondary N) is 7. The van der Waals surface area contributed by atoms with Crippen LogP contribution < -0.4 is 71.4 Å². The third kappa shape index (κ3) is 18.5. The average molecular weight is 1440 g/mol. The first-order chi connectivity index (χ1) is 46.2. The molecule has 5 aromatic rings. The first-order valence-electron chi connectivity index (χ1n) is 32.2. The van der Waals surface area contributed by atoms with E-state index in [0.29, 0.717) is 17.5 Å². The molecule has 5 aromatic carbocycles. The molecule has 99 heavy (non-hydrogen) atoms. The molecule has 10 N–H and O–H groups in total. The quantitative estimate of drug-likeness (QED) is 0.0327. The summed E-state index contributed by atoms with van der Waals surface area (Å²) >= 11 is 14.3. The first kappa shape index (κ1) is 77.9. The van der Waals surface area contributed by atoms with Gasteiger partial charge >= 0.3 is 5.97 Å². The molecule has 0 spiro atoms. The highest BCUT2D eigenvalue weighted by molar-refractivity contribution is 6.74. The van der Waals surface area contributed by atoms with Crippen LogP contribution >= 0.6 is 23.2 Å². The fraction of sp³-hybridized carbons (Fsp3) is 0.457. The van der Waals surface area contributed by atoms with Gasteiger partial charge in [0.15, 0.2) is 34.2 Å². The number of benzene rings is 5. The Balaban J connectivity index is 1.57. The van der Waals surface area contributed by atoms with E-state index in [1.165, 1.54) is 89.1 Å². The number of rotatable bonds is 20. The zero-order chi connectivity index (χ0) is 73.6. The van der Waals surface area contributed by atoms with Crippen molar-refractivity contribution in [3.05, 3.63) is 117 Å². The predicted octanol–water partition coefficient (Wildman–Crippen LogP) is 10.3. The molecule has 8 rings (SSSR count). The van der Waals surface area contributed by atoms with Crippen LogP contribution in [0.4, 0.5) is 0 Å². The van der Waals surface area contributed by atoms with Gasteiger partial charge in [0.05, 0.1) is 58.1 Å². The van der Waals surface area contributed by atoms with Gasteiger partial charge < -0.3 is 85.3 Å². The summed E-state index contributed by atoms with van der Waals surface area (Å²) in [6.45, 7) is 24.8. The van der Waals surface area contributed by atoms with E-state index < -0.39 is 124 Å². The molecular formula is C70H92Cl2N8O17Si2. The molecule has 4 unspecified atom stereocenters. The van der Waals surface area contributed by atoms with Gasteiger partial charge in [-0.25, -0.2) is 4.79 Å². The molecule has 25 nitrogen and oxygen atoms in total. The Morgan fingerprint density at radius 2 is 1.30 bits per heavy atom. The Morgan fingerprint density at radius 3 is 1.87 bits per heavy atom. The Bertz CT molecular complexity index is 3900. The molecule has 0 fully saturated rings.